The highest BCUT2D eigenvalue weighted by Gasteiger charge is 2.22. The third-order valence-corrected chi connectivity index (χ3v) is 3.06. The molecule has 1 fully saturated rings. The van der Waals surface area contributed by atoms with Gasteiger partial charge in [0, 0.05) is 41.9 Å². The number of carbonyl (C=O) groups excluding carboxylic acids is 1. The first kappa shape index (κ1) is 12.6. The minimum absolute atomic E-state index is 0.0751. The number of rotatable bonds is 4. The Bertz CT molecular complexity index is 242. The van der Waals surface area contributed by atoms with Crippen molar-refractivity contribution in [3.05, 3.63) is 0 Å². The van der Waals surface area contributed by atoms with Crippen molar-refractivity contribution in [2.24, 2.45) is 0 Å². The van der Waals surface area contributed by atoms with Gasteiger partial charge in [0.2, 0.25) is 0 Å². The third kappa shape index (κ3) is 4.72. The van der Waals surface area contributed by atoms with Gasteiger partial charge in [-0.2, -0.15) is 0 Å². The van der Waals surface area contributed by atoms with Crippen LogP contribution < -0.4 is 10.6 Å². The Balaban J connectivity index is 2.30. The number of amides is 1. The summed E-state index contributed by atoms with van der Waals surface area (Å²) in [6.07, 6.45) is 1.22. The number of hydrogen-bond donors (Lipinski definition) is 2. The fourth-order valence-corrected chi connectivity index (χ4v) is 2.25. The average Bonchev–Trinajstić information content (AvgIpc) is 2.17. The number of morpholine rings is 1. The van der Waals surface area contributed by atoms with Gasteiger partial charge in [-0.15, -0.1) is 0 Å². The first-order chi connectivity index (χ1) is 7.09. The van der Waals surface area contributed by atoms with Gasteiger partial charge < -0.3 is 15.4 Å². The van der Waals surface area contributed by atoms with Gasteiger partial charge in [-0.3, -0.25) is 9.00 Å². The maximum Gasteiger partial charge on any atom is 0.250 e. The summed E-state index contributed by atoms with van der Waals surface area (Å²) in [4.78, 5) is 11.6. The lowest BCUT2D eigenvalue weighted by atomic mass is 10.2. The molecule has 1 aliphatic heterocycles. The van der Waals surface area contributed by atoms with Crippen molar-refractivity contribution in [1.82, 2.24) is 10.6 Å². The summed E-state index contributed by atoms with van der Waals surface area (Å²) < 4.78 is 16.2. The first-order valence-electron chi connectivity index (χ1n) is 5.02. The Hall–Kier alpha value is -0.460. The van der Waals surface area contributed by atoms with E-state index in [-0.39, 0.29) is 11.9 Å². The summed E-state index contributed by atoms with van der Waals surface area (Å²) >= 11 is 0. The van der Waals surface area contributed by atoms with Gasteiger partial charge in [-0.05, 0) is 6.92 Å². The summed E-state index contributed by atoms with van der Waals surface area (Å²) in [5.74, 6) is 0.353. The molecule has 0 aromatic carbocycles. The molecule has 1 saturated heterocycles. The SMILES string of the molecule is CC(CS(C)=O)NC(=O)C1CNCCO1. The van der Waals surface area contributed by atoms with Gasteiger partial charge in [0.15, 0.2) is 0 Å². The predicted molar refractivity (Wildman–Crippen MR) is 59.1 cm³/mol. The molecular weight excluding hydrogens is 216 g/mol. The molecule has 0 radical (unpaired) electrons. The van der Waals surface area contributed by atoms with E-state index in [4.69, 9.17) is 4.74 Å². The molecule has 0 saturated carbocycles. The molecule has 5 nitrogen and oxygen atoms in total. The molecule has 0 bridgehead atoms. The quantitative estimate of drug-likeness (QED) is 0.645. The van der Waals surface area contributed by atoms with Crippen LogP contribution in [0.1, 0.15) is 6.92 Å². The summed E-state index contributed by atoms with van der Waals surface area (Å²) in [5.41, 5.74) is 0. The monoisotopic (exact) mass is 234 g/mol. The molecular formula is C9H18N2O3S. The maximum atomic E-state index is 11.6. The summed E-state index contributed by atoms with van der Waals surface area (Å²) in [5, 5.41) is 5.87. The van der Waals surface area contributed by atoms with Crippen molar-refractivity contribution < 1.29 is 13.7 Å². The molecule has 1 heterocycles. The Labute approximate surface area is 92.4 Å². The normalized spacial score (nSPS) is 25.6. The Morgan fingerprint density at radius 3 is 3.00 bits per heavy atom. The van der Waals surface area contributed by atoms with E-state index in [1.165, 1.54) is 0 Å². The van der Waals surface area contributed by atoms with E-state index in [1.54, 1.807) is 6.26 Å². The smallest absolute Gasteiger partial charge is 0.250 e. The lowest BCUT2D eigenvalue weighted by molar-refractivity contribution is -0.134. The van der Waals surface area contributed by atoms with Gasteiger partial charge in [-0.25, -0.2) is 0 Å². The van der Waals surface area contributed by atoms with Crippen molar-refractivity contribution in [3.8, 4) is 0 Å². The highest BCUT2D eigenvalue weighted by Crippen LogP contribution is 1.97. The van der Waals surface area contributed by atoms with Crippen molar-refractivity contribution >= 4 is 16.7 Å². The van der Waals surface area contributed by atoms with Crippen LogP contribution in [0.3, 0.4) is 0 Å². The Morgan fingerprint density at radius 1 is 1.73 bits per heavy atom. The molecule has 1 amide bonds. The van der Waals surface area contributed by atoms with Crippen LogP contribution >= 0.6 is 0 Å². The molecule has 3 atom stereocenters. The fraction of sp³-hybridized carbons (Fsp3) is 0.889. The molecule has 1 rings (SSSR count). The van der Waals surface area contributed by atoms with E-state index < -0.39 is 16.9 Å². The van der Waals surface area contributed by atoms with Crippen LogP contribution in [0.15, 0.2) is 0 Å². The highest BCUT2D eigenvalue weighted by molar-refractivity contribution is 7.84. The van der Waals surface area contributed by atoms with Crippen LogP contribution in [-0.4, -0.2) is 54.0 Å². The summed E-state index contributed by atoms with van der Waals surface area (Å²) in [7, 11) is -0.888. The highest BCUT2D eigenvalue weighted by atomic mass is 32.2. The van der Waals surface area contributed by atoms with E-state index in [2.05, 4.69) is 10.6 Å². The fourth-order valence-electron chi connectivity index (χ4n) is 1.46. The standard InChI is InChI=1S/C9H18N2O3S/c1-7(6-15(2)13)11-9(12)8-5-10-3-4-14-8/h7-8,10H,3-6H2,1-2H3,(H,11,12). The maximum absolute atomic E-state index is 11.6. The third-order valence-electron chi connectivity index (χ3n) is 2.09. The number of hydrogen-bond acceptors (Lipinski definition) is 4. The van der Waals surface area contributed by atoms with Crippen molar-refractivity contribution in [1.29, 1.82) is 0 Å². The van der Waals surface area contributed by atoms with E-state index in [9.17, 15) is 9.00 Å². The molecule has 6 heteroatoms. The van der Waals surface area contributed by atoms with E-state index in [0.717, 1.165) is 6.54 Å². The van der Waals surface area contributed by atoms with Crippen molar-refractivity contribution in [2.75, 3.05) is 31.7 Å². The van der Waals surface area contributed by atoms with Crippen LogP contribution in [0.5, 0.6) is 0 Å². The first-order valence-corrected chi connectivity index (χ1v) is 6.75. The van der Waals surface area contributed by atoms with Crippen LogP contribution in [-0.2, 0) is 20.3 Å². The lowest BCUT2D eigenvalue weighted by Crippen LogP contribution is -2.50. The van der Waals surface area contributed by atoms with Gasteiger partial charge >= 0.3 is 0 Å². The molecule has 15 heavy (non-hydrogen) atoms. The van der Waals surface area contributed by atoms with Crippen LogP contribution in [0.4, 0.5) is 0 Å². The van der Waals surface area contributed by atoms with E-state index in [0.29, 0.717) is 18.9 Å². The average molecular weight is 234 g/mol. The number of ether oxygens (including phenoxy) is 1. The minimum atomic E-state index is -0.888. The molecule has 0 aromatic rings. The summed E-state index contributed by atoms with van der Waals surface area (Å²) in [6, 6.07) is -0.0751. The van der Waals surface area contributed by atoms with Gasteiger partial charge in [-0.1, -0.05) is 0 Å². The molecule has 0 aromatic heterocycles. The Morgan fingerprint density at radius 2 is 2.47 bits per heavy atom. The van der Waals surface area contributed by atoms with Gasteiger partial charge in [0.05, 0.1) is 6.61 Å². The molecule has 0 aliphatic carbocycles. The topological polar surface area (TPSA) is 67.4 Å². The second kappa shape index (κ2) is 6.19. The number of nitrogens with one attached hydrogen (secondary N) is 2. The van der Waals surface area contributed by atoms with Crippen LogP contribution in [0, 0.1) is 0 Å². The second-order valence-electron chi connectivity index (χ2n) is 3.71. The van der Waals surface area contributed by atoms with Crippen molar-refractivity contribution in [2.45, 2.75) is 19.1 Å². The molecule has 0 spiro atoms. The van der Waals surface area contributed by atoms with E-state index >= 15 is 0 Å². The summed E-state index contributed by atoms with van der Waals surface area (Å²) in [6.45, 7) is 3.74. The van der Waals surface area contributed by atoms with Crippen LogP contribution in [0.25, 0.3) is 0 Å². The van der Waals surface area contributed by atoms with E-state index in [1.807, 2.05) is 6.92 Å². The van der Waals surface area contributed by atoms with Crippen molar-refractivity contribution in [3.63, 3.8) is 0 Å². The number of carbonyl (C=O) groups is 1. The predicted octanol–water partition coefficient (Wildman–Crippen LogP) is -1.14. The zero-order chi connectivity index (χ0) is 11.3. The molecule has 88 valence electrons. The zero-order valence-corrected chi connectivity index (χ0v) is 9.93. The largest absolute Gasteiger partial charge is 0.366 e. The molecule has 2 N–H and O–H groups in total. The Kier molecular flexibility index (Phi) is 5.21. The van der Waals surface area contributed by atoms with Gasteiger partial charge in [0.1, 0.15) is 6.10 Å². The molecule has 3 unspecified atom stereocenters. The van der Waals surface area contributed by atoms with Crippen LogP contribution in [0.2, 0.25) is 0 Å². The zero-order valence-electron chi connectivity index (χ0n) is 9.12. The van der Waals surface area contributed by atoms with Gasteiger partial charge in [0.25, 0.3) is 5.91 Å². The minimum Gasteiger partial charge on any atom is -0.366 e. The second-order valence-corrected chi connectivity index (χ2v) is 5.19. The molecule has 1 aliphatic rings. The lowest BCUT2D eigenvalue weighted by Gasteiger charge is -2.24.